The lowest BCUT2D eigenvalue weighted by atomic mass is 9.99. The highest BCUT2D eigenvalue weighted by Gasteiger charge is 2.34. The summed E-state index contributed by atoms with van der Waals surface area (Å²) in [6, 6.07) is 12.1. The van der Waals surface area contributed by atoms with E-state index in [4.69, 9.17) is 14.7 Å². The summed E-state index contributed by atoms with van der Waals surface area (Å²) < 4.78 is 25.0. The summed E-state index contributed by atoms with van der Waals surface area (Å²) in [7, 11) is 0. The molecule has 1 N–H and O–H groups in total. The molecule has 0 aromatic heterocycles. The number of hydrogen-bond acceptors (Lipinski definition) is 4. The van der Waals surface area contributed by atoms with Gasteiger partial charge in [-0.2, -0.15) is 5.26 Å². The number of halogens is 1. The predicted octanol–water partition coefficient (Wildman–Crippen LogP) is 4.90. The molecule has 0 saturated heterocycles. The van der Waals surface area contributed by atoms with Gasteiger partial charge in [0.15, 0.2) is 11.6 Å². The largest absolute Gasteiger partial charge is 0.478 e. The number of carbonyl (C=O) groups is 1. The third-order valence-electron chi connectivity index (χ3n) is 3.92. The molecule has 2 rings (SSSR count). The van der Waals surface area contributed by atoms with Crippen molar-refractivity contribution in [2.24, 2.45) is 0 Å². The second kappa shape index (κ2) is 8.34. The second-order valence-electron chi connectivity index (χ2n) is 6.07. The van der Waals surface area contributed by atoms with Crippen molar-refractivity contribution in [1.82, 2.24) is 0 Å². The maximum atomic E-state index is 13.9. The van der Waals surface area contributed by atoms with Crippen molar-refractivity contribution in [2.45, 2.75) is 38.7 Å². The van der Waals surface area contributed by atoms with E-state index in [1.54, 1.807) is 31.2 Å². The zero-order valence-corrected chi connectivity index (χ0v) is 14.7. The fourth-order valence-corrected chi connectivity index (χ4v) is 2.33. The van der Waals surface area contributed by atoms with E-state index in [9.17, 15) is 14.3 Å². The van der Waals surface area contributed by atoms with E-state index < -0.39 is 17.4 Å². The van der Waals surface area contributed by atoms with Gasteiger partial charge in [0, 0.05) is 0 Å². The molecule has 2 aromatic carbocycles. The van der Waals surface area contributed by atoms with Gasteiger partial charge in [0.2, 0.25) is 5.60 Å². The van der Waals surface area contributed by atoms with E-state index in [0.717, 1.165) is 18.9 Å². The van der Waals surface area contributed by atoms with Crippen LogP contribution in [0.25, 0.3) is 0 Å². The normalized spacial score (nSPS) is 12.7. The van der Waals surface area contributed by atoms with Gasteiger partial charge in [-0.05, 0) is 62.2 Å². The summed E-state index contributed by atoms with van der Waals surface area (Å²) >= 11 is 0. The Morgan fingerprint density at radius 1 is 1.23 bits per heavy atom. The SMILES string of the molecule is CCCC[C@@](C)(Oc1ccc(Oc2ccc(C#N)cc2F)cc1)C(=O)O. The Morgan fingerprint density at radius 2 is 1.88 bits per heavy atom. The molecule has 6 heteroatoms. The average molecular weight is 357 g/mol. The molecule has 0 bridgehead atoms. The van der Waals surface area contributed by atoms with E-state index in [2.05, 4.69) is 0 Å². The quantitative estimate of drug-likeness (QED) is 0.727. The smallest absolute Gasteiger partial charge is 0.347 e. The Balaban J connectivity index is 2.10. The van der Waals surface area contributed by atoms with Crippen molar-refractivity contribution in [3.8, 4) is 23.3 Å². The highest BCUT2D eigenvalue weighted by Crippen LogP contribution is 2.29. The molecule has 0 spiro atoms. The van der Waals surface area contributed by atoms with Gasteiger partial charge in [0.25, 0.3) is 0 Å². The second-order valence-corrected chi connectivity index (χ2v) is 6.07. The van der Waals surface area contributed by atoms with Crippen LogP contribution in [0.15, 0.2) is 42.5 Å². The molecule has 0 heterocycles. The summed E-state index contributed by atoms with van der Waals surface area (Å²) in [5.74, 6) is -0.908. The lowest BCUT2D eigenvalue weighted by Crippen LogP contribution is -2.41. The summed E-state index contributed by atoms with van der Waals surface area (Å²) in [6.07, 6.45) is 2.00. The minimum atomic E-state index is -1.31. The van der Waals surface area contributed by atoms with Crippen LogP contribution in [-0.2, 0) is 4.79 Å². The topological polar surface area (TPSA) is 79.5 Å². The zero-order chi connectivity index (χ0) is 19.2. The summed E-state index contributed by atoms with van der Waals surface area (Å²) in [5, 5.41) is 18.2. The monoisotopic (exact) mass is 357 g/mol. The number of carboxylic acid groups (broad SMARTS) is 1. The lowest BCUT2D eigenvalue weighted by Gasteiger charge is -2.26. The van der Waals surface area contributed by atoms with Crippen LogP contribution in [0.4, 0.5) is 4.39 Å². The number of aliphatic carboxylic acids is 1. The number of nitrogens with zero attached hydrogens (tertiary/aromatic N) is 1. The number of ether oxygens (including phenoxy) is 2. The Morgan fingerprint density at radius 3 is 2.42 bits per heavy atom. The Kier molecular flexibility index (Phi) is 6.18. The van der Waals surface area contributed by atoms with Crippen molar-refractivity contribution in [3.05, 3.63) is 53.8 Å². The molecular weight excluding hydrogens is 337 g/mol. The Labute approximate surface area is 151 Å². The molecule has 5 nitrogen and oxygen atoms in total. The fourth-order valence-electron chi connectivity index (χ4n) is 2.33. The van der Waals surface area contributed by atoms with Crippen LogP contribution in [0.2, 0.25) is 0 Å². The van der Waals surface area contributed by atoms with E-state index >= 15 is 0 Å². The van der Waals surface area contributed by atoms with Crippen LogP contribution in [0.1, 0.15) is 38.7 Å². The van der Waals surface area contributed by atoms with E-state index in [0.29, 0.717) is 17.9 Å². The number of hydrogen-bond donors (Lipinski definition) is 1. The minimum Gasteiger partial charge on any atom is -0.478 e. The molecule has 0 aliphatic carbocycles. The number of benzene rings is 2. The first-order valence-corrected chi connectivity index (χ1v) is 8.28. The molecule has 0 amide bonds. The molecular formula is C20H20FNO4. The van der Waals surface area contributed by atoms with E-state index in [1.165, 1.54) is 12.1 Å². The Hall–Kier alpha value is -3.07. The first-order chi connectivity index (χ1) is 12.4. The highest BCUT2D eigenvalue weighted by atomic mass is 19.1. The number of nitriles is 1. The number of rotatable bonds is 8. The molecule has 0 aliphatic rings. The van der Waals surface area contributed by atoms with Crippen molar-refractivity contribution >= 4 is 5.97 Å². The highest BCUT2D eigenvalue weighted by molar-refractivity contribution is 5.77. The van der Waals surface area contributed by atoms with Crippen molar-refractivity contribution in [1.29, 1.82) is 5.26 Å². The number of unbranched alkanes of at least 4 members (excludes halogenated alkanes) is 1. The van der Waals surface area contributed by atoms with Crippen LogP contribution < -0.4 is 9.47 Å². The molecule has 0 fully saturated rings. The van der Waals surface area contributed by atoms with Crippen LogP contribution in [0.5, 0.6) is 17.2 Å². The van der Waals surface area contributed by atoms with Gasteiger partial charge in [-0.1, -0.05) is 13.3 Å². The molecule has 2 aromatic rings. The van der Waals surface area contributed by atoms with Crippen LogP contribution in [-0.4, -0.2) is 16.7 Å². The van der Waals surface area contributed by atoms with Gasteiger partial charge in [0.05, 0.1) is 11.6 Å². The van der Waals surface area contributed by atoms with Crippen molar-refractivity contribution < 1.29 is 23.8 Å². The molecule has 136 valence electrons. The van der Waals surface area contributed by atoms with Crippen molar-refractivity contribution in [3.63, 3.8) is 0 Å². The van der Waals surface area contributed by atoms with Gasteiger partial charge in [-0.15, -0.1) is 0 Å². The van der Waals surface area contributed by atoms with Crippen molar-refractivity contribution in [2.75, 3.05) is 0 Å². The first kappa shape index (κ1) is 19.3. The summed E-state index contributed by atoms with van der Waals surface area (Å²) in [5.41, 5.74) is -1.10. The standard InChI is InChI=1S/C20H20FNO4/c1-3-4-11-20(2,19(23)24)26-16-8-6-15(7-9-16)25-18-10-5-14(13-22)12-17(18)21/h5-10,12H,3-4,11H2,1-2H3,(H,23,24)/t20-/m1/s1. The van der Waals surface area contributed by atoms with E-state index in [1.807, 2.05) is 13.0 Å². The van der Waals surface area contributed by atoms with Crippen LogP contribution >= 0.6 is 0 Å². The minimum absolute atomic E-state index is 0.00371. The number of carboxylic acids is 1. The van der Waals surface area contributed by atoms with Crippen LogP contribution in [0.3, 0.4) is 0 Å². The molecule has 0 aliphatic heterocycles. The van der Waals surface area contributed by atoms with Gasteiger partial charge in [-0.25, -0.2) is 9.18 Å². The summed E-state index contributed by atoms with van der Waals surface area (Å²) in [4.78, 5) is 11.5. The average Bonchev–Trinajstić information content (AvgIpc) is 2.63. The van der Waals surface area contributed by atoms with Gasteiger partial charge in [-0.3, -0.25) is 0 Å². The van der Waals surface area contributed by atoms with Gasteiger partial charge in [0.1, 0.15) is 11.5 Å². The Bertz CT molecular complexity index is 814. The van der Waals surface area contributed by atoms with Gasteiger partial charge >= 0.3 is 5.97 Å². The molecule has 0 saturated carbocycles. The predicted molar refractivity (Wildman–Crippen MR) is 93.8 cm³/mol. The lowest BCUT2D eigenvalue weighted by molar-refractivity contribution is -0.154. The maximum absolute atomic E-state index is 13.9. The third-order valence-corrected chi connectivity index (χ3v) is 3.92. The van der Waals surface area contributed by atoms with Crippen LogP contribution in [0, 0.1) is 17.1 Å². The molecule has 0 unspecified atom stereocenters. The zero-order valence-electron chi connectivity index (χ0n) is 14.7. The third kappa shape index (κ3) is 4.73. The molecule has 26 heavy (non-hydrogen) atoms. The maximum Gasteiger partial charge on any atom is 0.347 e. The first-order valence-electron chi connectivity index (χ1n) is 8.28. The summed E-state index contributed by atoms with van der Waals surface area (Å²) in [6.45, 7) is 3.53. The van der Waals surface area contributed by atoms with Gasteiger partial charge < -0.3 is 14.6 Å². The molecule has 0 radical (unpaired) electrons. The molecule has 1 atom stereocenters. The fraction of sp³-hybridized carbons (Fsp3) is 0.300. The van der Waals surface area contributed by atoms with E-state index in [-0.39, 0.29) is 11.3 Å².